The average Bonchev–Trinajstić information content (AvgIpc) is 3.35. The van der Waals surface area contributed by atoms with Crippen molar-refractivity contribution >= 4 is 29.1 Å². The van der Waals surface area contributed by atoms with Crippen molar-refractivity contribution in [3.05, 3.63) is 82.6 Å². The molecule has 0 radical (unpaired) electrons. The van der Waals surface area contributed by atoms with Gasteiger partial charge < -0.3 is 15.4 Å². The number of amides is 1. The van der Waals surface area contributed by atoms with Gasteiger partial charge in [0.05, 0.1) is 24.0 Å². The Balaban J connectivity index is 1.50. The van der Waals surface area contributed by atoms with Crippen LogP contribution in [0, 0.1) is 6.92 Å². The molecule has 0 aliphatic heterocycles. The highest BCUT2D eigenvalue weighted by atomic mass is 35.5. The Hall–Kier alpha value is -3.91. The van der Waals surface area contributed by atoms with Crippen LogP contribution in [0.2, 0.25) is 5.02 Å². The minimum Gasteiger partial charge on any atom is -0.495 e. The maximum absolute atomic E-state index is 12.7. The van der Waals surface area contributed by atoms with E-state index in [0.29, 0.717) is 45.9 Å². The standard InChI is InChI=1S/C26H27ClN6O2/c1-16(2)33-12-11-22(32-33)24-20(27)15-29-26(31-24)30-21-10-9-19(13-23(21)35-4)25(34)28-14-18-7-5-17(3)6-8-18/h5-13,15-16H,14H2,1-4H3,(H,28,34)(H,29,30,31). The van der Waals surface area contributed by atoms with Crippen molar-refractivity contribution in [2.24, 2.45) is 0 Å². The van der Waals surface area contributed by atoms with Gasteiger partial charge in [-0.05, 0) is 50.6 Å². The van der Waals surface area contributed by atoms with Crippen LogP contribution in [0.4, 0.5) is 11.6 Å². The number of hydrogen-bond donors (Lipinski definition) is 2. The molecule has 0 bridgehead atoms. The van der Waals surface area contributed by atoms with Crippen molar-refractivity contribution in [3.63, 3.8) is 0 Å². The first-order chi connectivity index (χ1) is 16.8. The van der Waals surface area contributed by atoms with Crippen LogP contribution in [0.15, 0.2) is 60.9 Å². The summed E-state index contributed by atoms with van der Waals surface area (Å²) in [5.74, 6) is 0.622. The molecule has 8 nitrogen and oxygen atoms in total. The SMILES string of the molecule is COc1cc(C(=O)NCc2ccc(C)cc2)ccc1Nc1ncc(Cl)c(-c2ccn(C(C)C)n2)n1. The summed E-state index contributed by atoms with van der Waals surface area (Å²) >= 11 is 6.35. The van der Waals surface area contributed by atoms with E-state index in [-0.39, 0.29) is 11.9 Å². The summed E-state index contributed by atoms with van der Waals surface area (Å²) in [7, 11) is 1.54. The number of carbonyl (C=O) groups excluding carboxylic acids is 1. The Labute approximate surface area is 209 Å². The fourth-order valence-electron chi connectivity index (χ4n) is 3.41. The molecule has 4 aromatic rings. The zero-order valence-corrected chi connectivity index (χ0v) is 20.8. The van der Waals surface area contributed by atoms with E-state index in [2.05, 4.69) is 25.7 Å². The molecule has 0 aliphatic rings. The first-order valence-electron chi connectivity index (χ1n) is 11.2. The first kappa shape index (κ1) is 24.2. The third-order valence-electron chi connectivity index (χ3n) is 5.41. The Bertz CT molecular complexity index is 1330. The molecule has 0 spiro atoms. The summed E-state index contributed by atoms with van der Waals surface area (Å²) < 4.78 is 7.35. The molecule has 0 fully saturated rings. The number of nitrogens with zero attached hydrogens (tertiary/aromatic N) is 4. The Morgan fingerprint density at radius 2 is 1.91 bits per heavy atom. The van der Waals surface area contributed by atoms with Gasteiger partial charge in [0.15, 0.2) is 0 Å². The summed E-state index contributed by atoms with van der Waals surface area (Å²) in [5, 5.41) is 11.0. The summed E-state index contributed by atoms with van der Waals surface area (Å²) in [5.41, 5.74) is 4.48. The van der Waals surface area contributed by atoms with Gasteiger partial charge in [0, 0.05) is 24.3 Å². The number of anilines is 2. The highest BCUT2D eigenvalue weighted by molar-refractivity contribution is 6.32. The molecule has 0 unspecified atom stereocenters. The molecule has 2 aromatic carbocycles. The van der Waals surface area contributed by atoms with Crippen LogP contribution in [0.5, 0.6) is 5.75 Å². The van der Waals surface area contributed by atoms with Crippen molar-refractivity contribution in [2.75, 3.05) is 12.4 Å². The van der Waals surface area contributed by atoms with Gasteiger partial charge in [-0.25, -0.2) is 9.97 Å². The van der Waals surface area contributed by atoms with Crippen molar-refractivity contribution in [1.82, 2.24) is 25.1 Å². The first-order valence-corrected chi connectivity index (χ1v) is 11.6. The maximum Gasteiger partial charge on any atom is 0.251 e. The summed E-state index contributed by atoms with van der Waals surface area (Å²) in [4.78, 5) is 21.5. The second kappa shape index (κ2) is 10.6. The molecular formula is C26H27ClN6O2. The van der Waals surface area contributed by atoms with E-state index >= 15 is 0 Å². The minimum atomic E-state index is -0.193. The van der Waals surface area contributed by atoms with Crippen molar-refractivity contribution < 1.29 is 9.53 Å². The number of halogens is 1. The zero-order chi connectivity index (χ0) is 24.9. The van der Waals surface area contributed by atoms with Crippen LogP contribution in [0.3, 0.4) is 0 Å². The Kier molecular flexibility index (Phi) is 7.31. The number of benzene rings is 2. The number of nitrogens with one attached hydrogen (secondary N) is 2. The summed E-state index contributed by atoms with van der Waals surface area (Å²) in [6, 6.07) is 15.3. The molecule has 0 saturated carbocycles. The van der Waals surface area contributed by atoms with Crippen LogP contribution in [0.1, 0.15) is 41.4 Å². The predicted octanol–water partition coefficient (Wildman–Crippen LogP) is 5.57. The van der Waals surface area contributed by atoms with Gasteiger partial charge in [0.25, 0.3) is 5.91 Å². The average molecular weight is 491 g/mol. The molecule has 4 rings (SSSR count). The summed E-state index contributed by atoms with van der Waals surface area (Å²) in [6.07, 6.45) is 3.41. The van der Waals surface area contributed by atoms with Crippen molar-refractivity contribution in [1.29, 1.82) is 0 Å². The van der Waals surface area contributed by atoms with Gasteiger partial charge in [-0.1, -0.05) is 41.4 Å². The fourth-order valence-corrected chi connectivity index (χ4v) is 3.59. The molecule has 0 aliphatic carbocycles. The lowest BCUT2D eigenvalue weighted by Crippen LogP contribution is -2.22. The van der Waals surface area contributed by atoms with E-state index in [9.17, 15) is 4.79 Å². The zero-order valence-electron chi connectivity index (χ0n) is 20.0. The molecule has 9 heteroatoms. The van der Waals surface area contributed by atoms with Crippen LogP contribution in [0.25, 0.3) is 11.4 Å². The van der Waals surface area contributed by atoms with E-state index < -0.39 is 0 Å². The van der Waals surface area contributed by atoms with E-state index in [1.54, 1.807) is 25.3 Å². The maximum atomic E-state index is 12.7. The third-order valence-corrected chi connectivity index (χ3v) is 5.68. The lowest BCUT2D eigenvalue weighted by atomic mass is 10.1. The number of methoxy groups -OCH3 is 1. The number of carbonyl (C=O) groups is 1. The Morgan fingerprint density at radius 3 is 2.60 bits per heavy atom. The van der Waals surface area contributed by atoms with Gasteiger partial charge in [-0.2, -0.15) is 5.10 Å². The quantitative estimate of drug-likeness (QED) is 0.335. The Morgan fingerprint density at radius 1 is 1.14 bits per heavy atom. The normalized spacial score (nSPS) is 10.9. The lowest BCUT2D eigenvalue weighted by molar-refractivity contribution is 0.0950. The lowest BCUT2D eigenvalue weighted by Gasteiger charge is -2.13. The van der Waals surface area contributed by atoms with E-state index in [0.717, 1.165) is 5.56 Å². The van der Waals surface area contributed by atoms with Crippen LogP contribution < -0.4 is 15.4 Å². The smallest absolute Gasteiger partial charge is 0.251 e. The monoisotopic (exact) mass is 490 g/mol. The molecular weight excluding hydrogens is 464 g/mol. The molecule has 180 valence electrons. The minimum absolute atomic E-state index is 0.193. The number of aromatic nitrogens is 4. The van der Waals surface area contributed by atoms with Gasteiger partial charge in [0.2, 0.25) is 5.95 Å². The third kappa shape index (κ3) is 5.78. The number of hydrogen-bond acceptors (Lipinski definition) is 6. The molecule has 2 N–H and O–H groups in total. The van der Waals surface area contributed by atoms with Gasteiger partial charge >= 0.3 is 0 Å². The second-order valence-electron chi connectivity index (χ2n) is 8.37. The molecule has 2 aromatic heterocycles. The van der Waals surface area contributed by atoms with Crippen LogP contribution >= 0.6 is 11.6 Å². The largest absolute Gasteiger partial charge is 0.495 e. The van der Waals surface area contributed by atoms with Crippen molar-refractivity contribution in [2.45, 2.75) is 33.4 Å². The van der Waals surface area contributed by atoms with Gasteiger partial charge in [-0.15, -0.1) is 0 Å². The van der Waals surface area contributed by atoms with E-state index in [1.807, 2.05) is 62.0 Å². The number of rotatable bonds is 8. The van der Waals surface area contributed by atoms with Gasteiger partial charge in [-0.3, -0.25) is 9.48 Å². The van der Waals surface area contributed by atoms with E-state index in [4.69, 9.17) is 16.3 Å². The molecule has 0 saturated heterocycles. The molecule has 0 atom stereocenters. The highest BCUT2D eigenvalue weighted by Gasteiger charge is 2.15. The van der Waals surface area contributed by atoms with Gasteiger partial charge in [0.1, 0.15) is 17.1 Å². The molecule has 2 heterocycles. The van der Waals surface area contributed by atoms with Crippen molar-refractivity contribution in [3.8, 4) is 17.1 Å². The highest BCUT2D eigenvalue weighted by Crippen LogP contribution is 2.30. The molecule has 35 heavy (non-hydrogen) atoms. The predicted molar refractivity (Wildman–Crippen MR) is 137 cm³/mol. The van der Waals surface area contributed by atoms with Crippen LogP contribution in [-0.2, 0) is 6.54 Å². The molecule has 1 amide bonds. The summed E-state index contributed by atoms with van der Waals surface area (Å²) in [6.45, 7) is 6.56. The van der Waals surface area contributed by atoms with Crippen LogP contribution in [-0.4, -0.2) is 32.8 Å². The second-order valence-corrected chi connectivity index (χ2v) is 8.78. The number of ether oxygens (including phenoxy) is 1. The topological polar surface area (TPSA) is 94.0 Å². The fraction of sp³-hybridized carbons (Fsp3) is 0.231. The number of aryl methyl sites for hydroxylation is 1. The van der Waals surface area contributed by atoms with E-state index in [1.165, 1.54) is 11.8 Å².